The summed E-state index contributed by atoms with van der Waals surface area (Å²) in [6.07, 6.45) is 1.90. The van der Waals surface area contributed by atoms with E-state index in [9.17, 15) is 14.7 Å². The molecule has 0 radical (unpaired) electrons. The molecule has 2 amide bonds. The summed E-state index contributed by atoms with van der Waals surface area (Å²) in [5.41, 5.74) is -0.765. The summed E-state index contributed by atoms with van der Waals surface area (Å²) in [5, 5.41) is 12.1. The van der Waals surface area contributed by atoms with Gasteiger partial charge in [-0.05, 0) is 19.8 Å². The van der Waals surface area contributed by atoms with Crippen molar-refractivity contribution < 1.29 is 19.4 Å². The van der Waals surface area contributed by atoms with Crippen LogP contribution in [0.1, 0.15) is 33.1 Å². The van der Waals surface area contributed by atoms with Gasteiger partial charge in [0.2, 0.25) is 0 Å². The molecule has 1 fully saturated rings. The first-order chi connectivity index (χ1) is 8.95. The maximum atomic E-state index is 11.9. The van der Waals surface area contributed by atoms with Crippen molar-refractivity contribution in [2.75, 3.05) is 26.7 Å². The second-order valence-corrected chi connectivity index (χ2v) is 5.24. The Balaban J connectivity index is 2.54. The van der Waals surface area contributed by atoms with Crippen LogP contribution in [0.3, 0.4) is 0 Å². The molecule has 2 unspecified atom stereocenters. The van der Waals surface area contributed by atoms with Crippen LogP contribution in [-0.2, 0) is 9.53 Å². The molecular formula is C13H24N2O4. The monoisotopic (exact) mass is 272 g/mol. The molecule has 0 spiro atoms. The van der Waals surface area contributed by atoms with Gasteiger partial charge in [-0.15, -0.1) is 0 Å². The largest absolute Gasteiger partial charge is 0.481 e. The zero-order valence-corrected chi connectivity index (χ0v) is 11.9. The lowest BCUT2D eigenvalue weighted by Crippen LogP contribution is -2.43. The van der Waals surface area contributed by atoms with Crippen molar-refractivity contribution >= 4 is 12.0 Å². The van der Waals surface area contributed by atoms with Gasteiger partial charge in [0.1, 0.15) is 0 Å². The number of nitrogens with zero attached hydrogens (tertiary/aromatic N) is 1. The normalized spacial score (nSPS) is 24.3. The summed E-state index contributed by atoms with van der Waals surface area (Å²) >= 11 is 0. The highest BCUT2D eigenvalue weighted by molar-refractivity contribution is 5.79. The number of nitrogens with one attached hydrogen (secondary N) is 1. The number of carbonyl (C=O) groups is 2. The minimum atomic E-state index is -0.796. The standard InChI is InChI=1S/C13H24N2O4/c1-4-5-13(11(16)17)6-7-15(9-13)12(18)14-8-10(2)19-3/h10H,4-9H2,1-3H3,(H,14,18)(H,16,17). The Labute approximate surface area is 114 Å². The van der Waals surface area contributed by atoms with Crippen LogP contribution in [0.4, 0.5) is 4.79 Å². The second kappa shape index (κ2) is 6.75. The van der Waals surface area contributed by atoms with Gasteiger partial charge in [-0.3, -0.25) is 4.79 Å². The number of carbonyl (C=O) groups excluding carboxylic acids is 1. The van der Waals surface area contributed by atoms with Crippen LogP contribution in [0.5, 0.6) is 0 Å². The van der Waals surface area contributed by atoms with Gasteiger partial charge in [-0.2, -0.15) is 0 Å². The molecule has 1 heterocycles. The lowest BCUT2D eigenvalue weighted by molar-refractivity contribution is -0.148. The number of hydrogen-bond donors (Lipinski definition) is 2. The van der Waals surface area contributed by atoms with Gasteiger partial charge in [0.15, 0.2) is 0 Å². The predicted molar refractivity (Wildman–Crippen MR) is 71.0 cm³/mol. The average Bonchev–Trinajstić information content (AvgIpc) is 2.81. The first-order valence-electron chi connectivity index (χ1n) is 6.74. The van der Waals surface area contributed by atoms with E-state index >= 15 is 0 Å². The van der Waals surface area contributed by atoms with E-state index in [0.717, 1.165) is 6.42 Å². The van der Waals surface area contributed by atoms with Crippen LogP contribution in [0.15, 0.2) is 0 Å². The van der Waals surface area contributed by atoms with E-state index in [2.05, 4.69) is 5.32 Å². The molecule has 0 aliphatic carbocycles. The van der Waals surface area contributed by atoms with Crippen LogP contribution < -0.4 is 5.32 Å². The smallest absolute Gasteiger partial charge is 0.317 e. The number of urea groups is 1. The van der Waals surface area contributed by atoms with Gasteiger partial charge in [0.05, 0.1) is 11.5 Å². The van der Waals surface area contributed by atoms with Crippen LogP contribution in [0.2, 0.25) is 0 Å². The molecular weight excluding hydrogens is 248 g/mol. The number of likely N-dealkylation sites (tertiary alicyclic amines) is 1. The Kier molecular flexibility index (Phi) is 5.60. The average molecular weight is 272 g/mol. The van der Waals surface area contributed by atoms with E-state index in [0.29, 0.717) is 32.5 Å². The number of rotatable bonds is 6. The van der Waals surface area contributed by atoms with Gasteiger partial charge in [0, 0.05) is 26.7 Å². The number of aliphatic carboxylic acids is 1. The second-order valence-electron chi connectivity index (χ2n) is 5.24. The number of carboxylic acid groups (broad SMARTS) is 1. The fraction of sp³-hybridized carbons (Fsp3) is 0.846. The van der Waals surface area contributed by atoms with Crippen molar-refractivity contribution in [3.63, 3.8) is 0 Å². The van der Waals surface area contributed by atoms with Gasteiger partial charge in [-0.1, -0.05) is 13.3 Å². The number of hydrogen-bond acceptors (Lipinski definition) is 3. The molecule has 0 aromatic carbocycles. The zero-order chi connectivity index (χ0) is 14.5. The maximum Gasteiger partial charge on any atom is 0.317 e. The molecule has 2 N–H and O–H groups in total. The lowest BCUT2D eigenvalue weighted by atomic mass is 9.83. The van der Waals surface area contributed by atoms with Crippen molar-refractivity contribution in [2.24, 2.45) is 5.41 Å². The Morgan fingerprint density at radius 3 is 2.74 bits per heavy atom. The first kappa shape index (κ1) is 15.8. The highest BCUT2D eigenvalue weighted by Gasteiger charge is 2.45. The molecule has 0 aromatic heterocycles. The van der Waals surface area contributed by atoms with E-state index in [1.165, 1.54) is 0 Å². The minimum absolute atomic E-state index is 0.0496. The van der Waals surface area contributed by atoms with Crippen LogP contribution in [-0.4, -0.2) is 54.9 Å². The van der Waals surface area contributed by atoms with E-state index in [4.69, 9.17) is 4.74 Å². The molecule has 1 saturated heterocycles. The summed E-state index contributed by atoms with van der Waals surface area (Å²) in [7, 11) is 1.59. The Morgan fingerprint density at radius 2 is 2.21 bits per heavy atom. The summed E-state index contributed by atoms with van der Waals surface area (Å²) in [6, 6.07) is -0.205. The van der Waals surface area contributed by atoms with Gasteiger partial charge in [-0.25, -0.2) is 4.79 Å². The molecule has 1 aliphatic rings. The fourth-order valence-corrected chi connectivity index (χ4v) is 2.44. The molecule has 6 heteroatoms. The highest BCUT2D eigenvalue weighted by atomic mass is 16.5. The molecule has 0 saturated carbocycles. The summed E-state index contributed by atoms with van der Waals surface area (Å²) in [6.45, 7) is 5.05. The zero-order valence-electron chi connectivity index (χ0n) is 11.9. The van der Waals surface area contributed by atoms with E-state index < -0.39 is 11.4 Å². The quantitative estimate of drug-likeness (QED) is 0.764. The lowest BCUT2D eigenvalue weighted by Gasteiger charge is -2.24. The van der Waals surface area contributed by atoms with Gasteiger partial charge in [0.25, 0.3) is 0 Å². The van der Waals surface area contributed by atoms with E-state index in [1.54, 1.807) is 12.0 Å². The summed E-state index contributed by atoms with van der Waals surface area (Å²) in [5.74, 6) is -0.796. The van der Waals surface area contributed by atoms with Crippen molar-refractivity contribution in [2.45, 2.75) is 39.2 Å². The van der Waals surface area contributed by atoms with E-state index in [-0.39, 0.29) is 12.1 Å². The molecule has 0 aromatic rings. The number of methoxy groups -OCH3 is 1. The van der Waals surface area contributed by atoms with Crippen molar-refractivity contribution in [3.05, 3.63) is 0 Å². The van der Waals surface area contributed by atoms with Crippen LogP contribution in [0.25, 0.3) is 0 Å². The third kappa shape index (κ3) is 3.83. The fourth-order valence-electron chi connectivity index (χ4n) is 2.44. The van der Waals surface area contributed by atoms with Crippen LogP contribution in [0, 0.1) is 5.41 Å². The molecule has 1 aliphatic heterocycles. The highest BCUT2D eigenvalue weighted by Crippen LogP contribution is 2.35. The van der Waals surface area contributed by atoms with Crippen molar-refractivity contribution in [1.29, 1.82) is 0 Å². The predicted octanol–water partition coefficient (Wildman–Crippen LogP) is 1.31. The van der Waals surface area contributed by atoms with E-state index in [1.807, 2.05) is 13.8 Å². The molecule has 6 nitrogen and oxygen atoms in total. The van der Waals surface area contributed by atoms with Crippen LogP contribution >= 0.6 is 0 Å². The molecule has 2 atom stereocenters. The third-order valence-corrected chi connectivity index (χ3v) is 3.77. The first-order valence-corrected chi connectivity index (χ1v) is 6.74. The van der Waals surface area contributed by atoms with Crippen molar-refractivity contribution in [3.8, 4) is 0 Å². The number of carboxylic acids is 1. The van der Waals surface area contributed by atoms with Gasteiger partial charge >= 0.3 is 12.0 Å². The number of ether oxygens (including phenoxy) is 1. The topological polar surface area (TPSA) is 78.9 Å². The Hall–Kier alpha value is -1.30. The minimum Gasteiger partial charge on any atom is -0.481 e. The summed E-state index contributed by atoms with van der Waals surface area (Å²) < 4.78 is 5.05. The Morgan fingerprint density at radius 1 is 1.53 bits per heavy atom. The molecule has 0 bridgehead atoms. The molecule has 110 valence electrons. The maximum absolute atomic E-state index is 11.9. The SMILES string of the molecule is CCCC1(C(=O)O)CCN(C(=O)NCC(C)OC)C1. The molecule has 19 heavy (non-hydrogen) atoms. The molecule has 1 rings (SSSR count). The summed E-state index contributed by atoms with van der Waals surface area (Å²) in [4.78, 5) is 25.0. The van der Waals surface area contributed by atoms with Gasteiger partial charge < -0.3 is 20.1 Å². The Bertz CT molecular complexity index is 335. The third-order valence-electron chi connectivity index (χ3n) is 3.77. The number of amides is 2. The van der Waals surface area contributed by atoms with Crippen molar-refractivity contribution in [1.82, 2.24) is 10.2 Å².